The number of benzene rings is 1. The number of hydrogen-bond donors (Lipinski definition) is 1. The third-order valence-electron chi connectivity index (χ3n) is 4.11. The first-order chi connectivity index (χ1) is 11.9. The number of amides is 1. The molecule has 130 valence electrons. The normalized spacial score (nSPS) is 10.9. The van der Waals surface area contributed by atoms with E-state index in [2.05, 4.69) is 15.5 Å². The highest BCUT2D eigenvalue weighted by atomic mass is 19.1. The summed E-state index contributed by atoms with van der Waals surface area (Å²) in [6, 6.07) is 8.16. The van der Waals surface area contributed by atoms with Gasteiger partial charge in [0.1, 0.15) is 12.4 Å². The molecule has 0 aliphatic carbocycles. The molecule has 0 bridgehead atoms. The van der Waals surface area contributed by atoms with Crippen LogP contribution >= 0.6 is 0 Å². The molecule has 25 heavy (non-hydrogen) atoms. The van der Waals surface area contributed by atoms with Gasteiger partial charge in [0.15, 0.2) is 0 Å². The topological polar surface area (TPSA) is 64.7 Å². The Kier molecular flexibility index (Phi) is 4.65. The van der Waals surface area contributed by atoms with Crippen molar-refractivity contribution in [1.82, 2.24) is 19.6 Å². The standard InChI is InChI=1S/C18H20FN5O/c1-12-8-9-20-23(12)11-17(25)21-18-13(2)22-24(14(18)3)10-15-4-6-16(19)7-5-15/h4-9H,10-11H2,1-3H3,(H,21,25). The van der Waals surface area contributed by atoms with Crippen molar-refractivity contribution in [1.29, 1.82) is 0 Å². The summed E-state index contributed by atoms with van der Waals surface area (Å²) in [4.78, 5) is 12.3. The first kappa shape index (κ1) is 16.9. The predicted octanol–water partition coefficient (Wildman–Crippen LogP) is 2.83. The number of carbonyl (C=O) groups is 1. The summed E-state index contributed by atoms with van der Waals surface area (Å²) in [5.74, 6) is -0.418. The molecule has 1 N–H and O–H groups in total. The Labute approximate surface area is 145 Å². The zero-order valence-electron chi connectivity index (χ0n) is 14.5. The van der Waals surface area contributed by atoms with Crippen LogP contribution in [0.3, 0.4) is 0 Å². The molecule has 0 unspecified atom stereocenters. The number of aryl methyl sites for hydroxylation is 2. The van der Waals surface area contributed by atoms with E-state index in [4.69, 9.17) is 0 Å². The number of aromatic nitrogens is 4. The number of hydrogen-bond acceptors (Lipinski definition) is 3. The maximum absolute atomic E-state index is 13.0. The van der Waals surface area contributed by atoms with Gasteiger partial charge in [0, 0.05) is 11.9 Å². The predicted molar refractivity (Wildman–Crippen MR) is 92.8 cm³/mol. The van der Waals surface area contributed by atoms with Crippen LogP contribution in [0.2, 0.25) is 0 Å². The number of halogens is 1. The molecule has 0 saturated carbocycles. The van der Waals surface area contributed by atoms with E-state index >= 15 is 0 Å². The van der Waals surface area contributed by atoms with Gasteiger partial charge in [-0.05, 0) is 44.5 Å². The highest BCUT2D eigenvalue weighted by Crippen LogP contribution is 2.20. The molecule has 0 aliphatic heterocycles. The zero-order chi connectivity index (χ0) is 18.0. The second-order valence-electron chi connectivity index (χ2n) is 6.01. The molecule has 0 spiro atoms. The summed E-state index contributed by atoms with van der Waals surface area (Å²) in [5, 5.41) is 11.5. The minimum Gasteiger partial charge on any atom is -0.321 e. The molecule has 3 aromatic rings. The van der Waals surface area contributed by atoms with Crippen LogP contribution in [-0.2, 0) is 17.9 Å². The van der Waals surface area contributed by atoms with E-state index in [9.17, 15) is 9.18 Å². The zero-order valence-corrected chi connectivity index (χ0v) is 14.5. The van der Waals surface area contributed by atoms with E-state index in [0.29, 0.717) is 12.2 Å². The maximum atomic E-state index is 13.0. The van der Waals surface area contributed by atoms with E-state index in [1.165, 1.54) is 12.1 Å². The largest absolute Gasteiger partial charge is 0.321 e. The Bertz CT molecular complexity index is 895. The van der Waals surface area contributed by atoms with Gasteiger partial charge in [-0.2, -0.15) is 10.2 Å². The van der Waals surface area contributed by atoms with Gasteiger partial charge in [0.05, 0.1) is 23.6 Å². The smallest absolute Gasteiger partial charge is 0.246 e. The van der Waals surface area contributed by atoms with Crippen LogP contribution < -0.4 is 5.32 Å². The van der Waals surface area contributed by atoms with Gasteiger partial charge in [-0.3, -0.25) is 14.2 Å². The molecule has 1 aromatic carbocycles. The summed E-state index contributed by atoms with van der Waals surface area (Å²) < 4.78 is 16.5. The van der Waals surface area contributed by atoms with Crippen LogP contribution in [0, 0.1) is 26.6 Å². The van der Waals surface area contributed by atoms with E-state index in [1.54, 1.807) is 27.7 Å². The van der Waals surface area contributed by atoms with Crippen LogP contribution in [0.25, 0.3) is 0 Å². The Hall–Kier alpha value is -2.96. The van der Waals surface area contributed by atoms with Gasteiger partial charge in [0.25, 0.3) is 0 Å². The van der Waals surface area contributed by atoms with E-state index in [-0.39, 0.29) is 18.3 Å². The summed E-state index contributed by atoms with van der Waals surface area (Å²) >= 11 is 0. The average molecular weight is 341 g/mol. The molecule has 0 saturated heterocycles. The molecule has 1 amide bonds. The highest BCUT2D eigenvalue weighted by molar-refractivity contribution is 5.91. The number of nitrogens with one attached hydrogen (secondary N) is 1. The minimum atomic E-state index is -0.265. The molecule has 2 heterocycles. The van der Waals surface area contributed by atoms with Crippen LogP contribution in [0.15, 0.2) is 36.5 Å². The second kappa shape index (κ2) is 6.88. The number of anilines is 1. The third kappa shape index (κ3) is 3.76. The Morgan fingerprint density at radius 3 is 2.48 bits per heavy atom. The van der Waals surface area contributed by atoms with Crippen molar-refractivity contribution in [3.05, 3.63) is 65.0 Å². The number of carbonyl (C=O) groups excluding carboxylic acids is 1. The molecule has 6 nitrogen and oxygen atoms in total. The fourth-order valence-corrected chi connectivity index (χ4v) is 2.67. The molecular formula is C18H20FN5O. The van der Waals surface area contributed by atoms with Gasteiger partial charge in [-0.25, -0.2) is 4.39 Å². The van der Waals surface area contributed by atoms with Gasteiger partial charge in [-0.1, -0.05) is 12.1 Å². The van der Waals surface area contributed by atoms with Gasteiger partial charge >= 0.3 is 0 Å². The summed E-state index contributed by atoms with van der Waals surface area (Å²) in [5.41, 5.74) is 4.17. The lowest BCUT2D eigenvalue weighted by Crippen LogP contribution is -2.21. The molecule has 7 heteroatoms. The van der Waals surface area contributed by atoms with E-state index in [1.807, 2.05) is 26.8 Å². The summed E-state index contributed by atoms with van der Waals surface area (Å²) in [6.45, 7) is 6.32. The lowest BCUT2D eigenvalue weighted by atomic mass is 10.2. The Morgan fingerprint density at radius 2 is 1.84 bits per heavy atom. The highest BCUT2D eigenvalue weighted by Gasteiger charge is 2.15. The molecule has 2 aromatic heterocycles. The van der Waals surface area contributed by atoms with Crippen LogP contribution in [-0.4, -0.2) is 25.5 Å². The van der Waals surface area contributed by atoms with Crippen molar-refractivity contribution >= 4 is 11.6 Å². The quantitative estimate of drug-likeness (QED) is 0.776. The minimum absolute atomic E-state index is 0.153. The van der Waals surface area contributed by atoms with Crippen molar-refractivity contribution in [3.8, 4) is 0 Å². The lowest BCUT2D eigenvalue weighted by Gasteiger charge is -2.08. The van der Waals surface area contributed by atoms with Crippen molar-refractivity contribution in [2.45, 2.75) is 33.9 Å². The molecule has 0 radical (unpaired) electrons. The summed E-state index contributed by atoms with van der Waals surface area (Å²) in [7, 11) is 0. The van der Waals surface area contributed by atoms with Gasteiger partial charge < -0.3 is 5.32 Å². The first-order valence-corrected chi connectivity index (χ1v) is 8.01. The third-order valence-corrected chi connectivity index (χ3v) is 4.11. The molecule has 3 rings (SSSR count). The second-order valence-corrected chi connectivity index (χ2v) is 6.01. The number of rotatable bonds is 5. The van der Waals surface area contributed by atoms with Crippen molar-refractivity contribution in [2.75, 3.05) is 5.32 Å². The van der Waals surface area contributed by atoms with Crippen molar-refractivity contribution < 1.29 is 9.18 Å². The SMILES string of the molecule is Cc1nn(Cc2ccc(F)cc2)c(C)c1NC(=O)Cn1nccc1C. The average Bonchev–Trinajstić information content (AvgIpc) is 3.08. The van der Waals surface area contributed by atoms with Crippen LogP contribution in [0.5, 0.6) is 0 Å². The fourth-order valence-electron chi connectivity index (χ4n) is 2.67. The Morgan fingerprint density at radius 1 is 1.12 bits per heavy atom. The maximum Gasteiger partial charge on any atom is 0.246 e. The van der Waals surface area contributed by atoms with E-state index in [0.717, 1.165) is 22.6 Å². The number of nitrogens with zero attached hydrogens (tertiary/aromatic N) is 4. The molecular weight excluding hydrogens is 321 g/mol. The first-order valence-electron chi connectivity index (χ1n) is 8.01. The Balaban J connectivity index is 1.74. The summed E-state index contributed by atoms with van der Waals surface area (Å²) in [6.07, 6.45) is 1.67. The fraction of sp³-hybridized carbons (Fsp3) is 0.278. The van der Waals surface area contributed by atoms with Crippen molar-refractivity contribution in [3.63, 3.8) is 0 Å². The van der Waals surface area contributed by atoms with E-state index < -0.39 is 0 Å². The van der Waals surface area contributed by atoms with Crippen LogP contribution in [0.4, 0.5) is 10.1 Å². The van der Waals surface area contributed by atoms with Gasteiger partial charge in [0.2, 0.25) is 5.91 Å². The molecule has 0 atom stereocenters. The van der Waals surface area contributed by atoms with Crippen molar-refractivity contribution in [2.24, 2.45) is 0 Å². The molecule has 0 fully saturated rings. The van der Waals surface area contributed by atoms with Crippen LogP contribution in [0.1, 0.15) is 22.6 Å². The molecule has 0 aliphatic rings. The monoisotopic (exact) mass is 341 g/mol. The lowest BCUT2D eigenvalue weighted by molar-refractivity contribution is -0.116. The van der Waals surface area contributed by atoms with Gasteiger partial charge in [-0.15, -0.1) is 0 Å².